The number of amides is 1. The lowest BCUT2D eigenvalue weighted by atomic mass is 10.1. The average molecular weight is 326 g/mol. The topological polar surface area (TPSA) is 66.8 Å². The van der Waals surface area contributed by atoms with Gasteiger partial charge in [-0.3, -0.25) is 9.59 Å². The summed E-state index contributed by atoms with van der Waals surface area (Å²) in [5.41, 5.74) is 0.621. The first-order chi connectivity index (χ1) is 10.5. The molecule has 0 aliphatic carbocycles. The quantitative estimate of drug-likeness (QED) is 0.779. The summed E-state index contributed by atoms with van der Waals surface area (Å²) in [6, 6.07) is 5.03. The highest BCUT2D eigenvalue weighted by atomic mass is 35.5. The molecule has 1 aliphatic rings. The molecule has 1 heterocycles. The van der Waals surface area contributed by atoms with E-state index in [1.54, 1.807) is 23.1 Å². The second-order valence-electron chi connectivity index (χ2n) is 5.37. The number of hydrogen-bond acceptors (Lipinski definition) is 3. The maximum atomic E-state index is 12.5. The number of carbonyl (C=O) groups excluding carboxylic acids is 1. The van der Waals surface area contributed by atoms with Crippen LogP contribution in [0.3, 0.4) is 0 Å². The third kappa shape index (κ3) is 3.91. The molecule has 0 saturated carbocycles. The molecule has 0 bridgehead atoms. The van der Waals surface area contributed by atoms with Crippen LogP contribution in [0.1, 0.15) is 39.0 Å². The van der Waals surface area contributed by atoms with Crippen molar-refractivity contribution < 1.29 is 19.4 Å². The highest BCUT2D eigenvalue weighted by Crippen LogP contribution is 2.37. The lowest BCUT2D eigenvalue weighted by Gasteiger charge is -2.34. The summed E-state index contributed by atoms with van der Waals surface area (Å²) >= 11 is 6.01. The number of ether oxygens (including phenoxy) is 1. The van der Waals surface area contributed by atoms with Crippen molar-refractivity contribution >= 4 is 29.2 Å². The molecule has 2 rings (SSSR count). The van der Waals surface area contributed by atoms with Gasteiger partial charge in [0.1, 0.15) is 5.75 Å². The van der Waals surface area contributed by atoms with Crippen LogP contribution < -0.4 is 9.64 Å². The number of carboxylic acids is 1. The summed E-state index contributed by atoms with van der Waals surface area (Å²) in [6.45, 7) is 2.67. The molecule has 120 valence electrons. The summed E-state index contributed by atoms with van der Waals surface area (Å²) < 4.78 is 5.54. The van der Waals surface area contributed by atoms with Gasteiger partial charge in [-0.2, -0.15) is 0 Å². The average Bonchev–Trinajstić information content (AvgIpc) is 2.46. The molecule has 1 amide bonds. The van der Waals surface area contributed by atoms with E-state index >= 15 is 0 Å². The van der Waals surface area contributed by atoms with Crippen molar-refractivity contribution in [3.8, 4) is 5.75 Å². The SMILES string of the molecule is CCCCCCN1C(=O)C(CC(=O)O)Oc2ccc(Cl)cc21. The number of halogens is 1. The number of aliphatic carboxylic acids is 1. The van der Waals surface area contributed by atoms with Crippen molar-refractivity contribution in [3.63, 3.8) is 0 Å². The summed E-state index contributed by atoms with van der Waals surface area (Å²) in [5.74, 6) is -0.860. The van der Waals surface area contributed by atoms with Gasteiger partial charge in [0.15, 0.2) is 6.10 Å². The summed E-state index contributed by atoms with van der Waals surface area (Å²) in [6.07, 6.45) is 2.80. The Hall–Kier alpha value is -1.75. The van der Waals surface area contributed by atoms with Gasteiger partial charge in [0.05, 0.1) is 12.1 Å². The van der Waals surface area contributed by atoms with E-state index in [4.69, 9.17) is 21.4 Å². The van der Waals surface area contributed by atoms with Crippen molar-refractivity contribution in [1.82, 2.24) is 0 Å². The molecule has 5 nitrogen and oxygen atoms in total. The molecule has 1 aromatic rings. The maximum absolute atomic E-state index is 12.5. The first-order valence-corrected chi connectivity index (χ1v) is 7.90. The first kappa shape index (κ1) is 16.6. The molecule has 0 fully saturated rings. The van der Waals surface area contributed by atoms with Crippen molar-refractivity contribution in [1.29, 1.82) is 0 Å². The zero-order valence-corrected chi connectivity index (χ0v) is 13.3. The molecule has 0 spiro atoms. The predicted octanol–water partition coefficient (Wildman–Crippen LogP) is 3.49. The predicted molar refractivity (Wildman–Crippen MR) is 84.6 cm³/mol. The summed E-state index contributed by atoms with van der Waals surface area (Å²) in [4.78, 5) is 25.0. The zero-order valence-electron chi connectivity index (χ0n) is 12.5. The lowest BCUT2D eigenvalue weighted by Crippen LogP contribution is -2.47. The van der Waals surface area contributed by atoms with Gasteiger partial charge in [0.2, 0.25) is 0 Å². The van der Waals surface area contributed by atoms with Crippen molar-refractivity contribution in [2.45, 2.75) is 45.1 Å². The van der Waals surface area contributed by atoms with E-state index in [0.29, 0.717) is 23.0 Å². The standard InChI is InChI=1S/C16H20ClNO4/c1-2-3-4-5-8-18-12-9-11(17)6-7-13(12)22-14(16(18)21)10-15(19)20/h6-7,9,14H,2-5,8,10H2,1H3,(H,19,20). The molecule has 1 atom stereocenters. The monoisotopic (exact) mass is 325 g/mol. The van der Waals surface area contributed by atoms with E-state index in [1.807, 2.05) is 0 Å². The van der Waals surface area contributed by atoms with Crippen molar-refractivity contribution in [3.05, 3.63) is 23.2 Å². The van der Waals surface area contributed by atoms with Crippen molar-refractivity contribution in [2.75, 3.05) is 11.4 Å². The molecule has 0 saturated heterocycles. The van der Waals surface area contributed by atoms with Crippen LogP contribution in [0.25, 0.3) is 0 Å². The van der Waals surface area contributed by atoms with Gasteiger partial charge in [-0.05, 0) is 24.6 Å². The Balaban J connectivity index is 2.21. The molecule has 1 aromatic carbocycles. The Morgan fingerprint density at radius 3 is 2.82 bits per heavy atom. The highest BCUT2D eigenvalue weighted by Gasteiger charge is 2.35. The third-order valence-electron chi connectivity index (χ3n) is 3.62. The number of benzene rings is 1. The van der Waals surface area contributed by atoms with Gasteiger partial charge in [-0.25, -0.2) is 0 Å². The van der Waals surface area contributed by atoms with Crippen LogP contribution in [0, 0.1) is 0 Å². The fourth-order valence-corrected chi connectivity index (χ4v) is 2.68. The molecule has 1 N–H and O–H groups in total. The van der Waals surface area contributed by atoms with Gasteiger partial charge in [0.25, 0.3) is 5.91 Å². The minimum Gasteiger partial charge on any atom is -0.481 e. The van der Waals surface area contributed by atoms with Crippen LogP contribution in [0.2, 0.25) is 5.02 Å². The normalized spacial score (nSPS) is 17.1. The Morgan fingerprint density at radius 1 is 1.36 bits per heavy atom. The van der Waals surface area contributed by atoms with E-state index in [0.717, 1.165) is 25.7 Å². The number of hydrogen-bond donors (Lipinski definition) is 1. The molecule has 1 unspecified atom stereocenters. The molecule has 6 heteroatoms. The molecule has 0 aromatic heterocycles. The van der Waals surface area contributed by atoms with Crippen LogP contribution in [0.5, 0.6) is 5.75 Å². The van der Waals surface area contributed by atoms with E-state index in [9.17, 15) is 9.59 Å². The second-order valence-corrected chi connectivity index (χ2v) is 5.80. The minimum absolute atomic E-state index is 0.311. The van der Waals surface area contributed by atoms with Gasteiger partial charge >= 0.3 is 5.97 Å². The zero-order chi connectivity index (χ0) is 16.1. The molecule has 0 radical (unpaired) electrons. The van der Waals surface area contributed by atoms with Crippen molar-refractivity contribution in [2.24, 2.45) is 0 Å². The van der Waals surface area contributed by atoms with E-state index in [2.05, 4.69) is 6.92 Å². The number of fused-ring (bicyclic) bond motifs is 1. The van der Waals surface area contributed by atoms with Crippen LogP contribution in [0.15, 0.2) is 18.2 Å². The van der Waals surface area contributed by atoms with E-state index < -0.39 is 12.1 Å². The van der Waals surface area contributed by atoms with E-state index in [1.165, 1.54) is 0 Å². The van der Waals surface area contributed by atoms with Crippen LogP contribution >= 0.6 is 11.6 Å². The van der Waals surface area contributed by atoms with Crippen LogP contribution in [0.4, 0.5) is 5.69 Å². The fraction of sp³-hybridized carbons (Fsp3) is 0.500. The number of rotatable bonds is 7. The number of anilines is 1. The largest absolute Gasteiger partial charge is 0.481 e. The van der Waals surface area contributed by atoms with Gasteiger partial charge in [-0.1, -0.05) is 37.8 Å². The molecule has 22 heavy (non-hydrogen) atoms. The number of unbranched alkanes of at least 4 members (excludes halogenated alkanes) is 3. The molecular formula is C16H20ClNO4. The molecular weight excluding hydrogens is 306 g/mol. The fourth-order valence-electron chi connectivity index (χ4n) is 2.51. The van der Waals surface area contributed by atoms with E-state index in [-0.39, 0.29) is 12.3 Å². The van der Waals surface area contributed by atoms with Crippen LogP contribution in [-0.2, 0) is 9.59 Å². The third-order valence-corrected chi connectivity index (χ3v) is 3.85. The maximum Gasteiger partial charge on any atom is 0.307 e. The number of nitrogens with zero attached hydrogens (tertiary/aromatic N) is 1. The Kier molecular flexibility index (Phi) is 5.66. The smallest absolute Gasteiger partial charge is 0.307 e. The Bertz CT molecular complexity index is 561. The molecule has 1 aliphatic heterocycles. The number of carboxylic acid groups (broad SMARTS) is 1. The summed E-state index contributed by atoms with van der Waals surface area (Å²) in [5, 5.41) is 9.45. The second kappa shape index (κ2) is 7.49. The number of carbonyl (C=O) groups is 2. The van der Waals surface area contributed by atoms with Gasteiger partial charge < -0.3 is 14.7 Å². The van der Waals surface area contributed by atoms with Crippen LogP contribution in [-0.4, -0.2) is 29.6 Å². The Labute approximate surface area is 134 Å². The highest BCUT2D eigenvalue weighted by molar-refractivity contribution is 6.31. The minimum atomic E-state index is -1.05. The first-order valence-electron chi connectivity index (χ1n) is 7.52. The summed E-state index contributed by atoms with van der Waals surface area (Å²) in [7, 11) is 0. The van der Waals surface area contributed by atoms with Gasteiger partial charge in [0, 0.05) is 11.6 Å². The Morgan fingerprint density at radius 2 is 2.14 bits per heavy atom. The van der Waals surface area contributed by atoms with Gasteiger partial charge in [-0.15, -0.1) is 0 Å². The lowest BCUT2D eigenvalue weighted by molar-refractivity contribution is -0.142.